The minimum Gasteiger partial charge on any atom is -0.0656 e. The third-order valence-electron chi connectivity index (χ3n) is 6.88. The van der Waals surface area contributed by atoms with E-state index in [1.807, 2.05) is 0 Å². The lowest BCUT2D eigenvalue weighted by Gasteiger charge is -2.10. The smallest absolute Gasteiger partial charge is 0.0422 e. The van der Waals surface area contributed by atoms with Gasteiger partial charge in [-0.25, -0.2) is 0 Å². The Labute approximate surface area is 296 Å². The molecule has 1 unspecified atom stereocenters. The van der Waals surface area contributed by atoms with Crippen LogP contribution in [0.2, 0.25) is 0 Å². The van der Waals surface area contributed by atoms with Crippen molar-refractivity contribution in [3.05, 3.63) is 0 Å². The zero-order valence-electron chi connectivity index (χ0n) is 38.1. The first-order chi connectivity index (χ1) is 20.4. The van der Waals surface area contributed by atoms with Gasteiger partial charge in [-0.05, 0) is 65.6 Å². The summed E-state index contributed by atoms with van der Waals surface area (Å²) in [6, 6.07) is 0. The lowest BCUT2D eigenvalue weighted by atomic mass is 9.96. The van der Waals surface area contributed by atoms with Gasteiger partial charge in [-0.1, -0.05) is 231 Å². The lowest BCUT2D eigenvalue weighted by Crippen LogP contribution is -2.00. The van der Waals surface area contributed by atoms with Gasteiger partial charge < -0.3 is 0 Å². The summed E-state index contributed by atoms with van der Waals surface area (Å²) in [5, 5.41) is 0. The van der Waals surface area contributed by atoms with Crippen LogP contribution in [0.5, 0.6) is 0 Å². The number of hydrogen-bond donors (Lipinski definition) is 0. The van der Waals surface area contributed by atoms with Crippen LogP contribution in [0.3, 0.4) is 0 Å². The van der Waals surface area contributed by atoms with Crippen LogP contribution < -0.4 is 0 Å². The second kappa shape index (κ2) is 53.5. The molecule has 0 saturated heterocycles. The largest absolute Gasteiger partial charge is 0.0656 e. The van der Waals surface area contributed by atoms with Gasteiger partial charge in [-0.15, -0.1) is 0 Å². The van der Waals surface area contributed by atoms with Crippen LogP contribution in [0, 0.1) is 59.2 Å². The van der Waals surface area contributed by atoms with Gasteiger partial charge >= 0.3 is 0 Å². The van der Waals surface area contributed by atoms with Crippen molar-refractivity contribution in [2.75, 3.05) is 0 Å². The molecular weight excluding hydrogens is 540 g/mol. The summed E-state index contributed by atoms with van der Waals surface area (Å²) in [7, 11) is 0. The topological polar surface area (TPSA) is 0 Å². The van der Waals surface area contributed by atoms with Crippen LogP contribution >= 0.6 is 0 Å². The average molecular weight is 647 g/mol. The highest BCUT2D eigenvalue weighted by Gasteiger charge is 2.01. The van der Waals surface area contributed by atoms with Crippen LogP contribution in [-0.2, 0) is 0 Å². The molecule has 0 spiro atoms. The summed E-state index contributed by atoms with van der Waals surface area (Å²) in [4.78, 5) is 0. The van der Waals surface area contributed by atoms with Crippen molar-refractivity contribution in [2.24, 2.45) is 59.2 Å². The van der Waals surface area contributed by atoms with E-state index in [2.05, 4.69) is 180 Å². The first-order valence-electron chi connectivity index (χ1n) is 20.4. The fourth-order valence-corrected chi connectivity index (χ4v) is 2.60. The zero-order valence-corrected chi connectivity index (χ0v) is 38.1. The molecule has 1 atom stereocenters. The maximum Gasteiger partial charge on any atom is -0.0422 e. The van der Waals surface area contributed by atoms with E-state index in [1.165, 1.54) is 57.8 Å². The molecule has 0 nitrogen and oxygen atoms in total. The Balaban J connectivity index is -0.0000000586. The second-order valence-electron chi connectivity index (χ2n) is 17.1. The highest BCUT2D eigenvalue weighted by molar-refractivity contribution is 4.52. The standard InChI is InChI=1S/3C7H16.2C6H14.C5H12.C4H10.C3H8/c1-6(2)5-7(3)4;1-5-7(4)6(2)3;1-4-5-6-7(2)3;1-5(2)6(3)4;1-4-5-6(2)3;1-4-5(2)3;1-4(2)3;1-3-2/h2*6-7H,5H2,1-4H3;7H,4-6H2,1-3H3;5-6H,1-4H3;6H,4-5H2,1-3H3;5H,4H2,1-3H3;4H,1-3H3;3H2,1-2H3. The van der Waals surface area contributed by atoms with Crippen LogP contribution in [0.4, 0.5) is 0 Å². The number of unbranched alkanes of at least 4 members (excludes halogenated alkanes) is 1. The number of hydrogen-bond acceptors (Lipinski definition) is 0. The van der Waals surface area contributed by atoms with Crippen LogP contribution in [-0.4, -0.2) is 0 Å². The Morgan fingerprint density at radius 1 is 0.333 bits per heavy atom. The molecule has 0 radical (unpaired) electrons. The molecule has 0 aliphatic heterocycles. The van der Waals surface area contributed by atoms with Crippen molar-refractivity contribution in [3.8, 4) is 0 Å². The third-order valence-corrected chi connectivity index (χ3v) is 6.88. The molecule has 0 saturated carbocycles. The number of rotatable bonds is 11. The fraction of sp³-hybridized carbons (Fsp3) is 1.00. The van der Waals surface area contributed by atoms with Crippen molar-refractivity contribution in [1.82, 2.24) is 0 Å². The van der Waals surface area contributed by atoms with Gasteiger partial charge in [0.05, 0.1) is 0 Å². The van der Waals surface area contributed by atoms with Crippen LogP contribution in [0.25, 0.3) is 0 Å². The van der Waals surface area contributed by atoms with E-state index in [1.54, 1.807) is 0 Å². The monoisotopic (exact) mass is 647 g/mol. The van der Waals surface area contributed by atoms with Gasteiger partial charge in [0.1, 0.15) is 0 Å². The minimum absolute atomic E-state index is 0.833. The first kappa shape index (κ1) is 63.6. The fourth-order valence-electron chi connectivity index (χ4n) is 2.60. The van der Waals surface area contributed by atoms with Crippen molar-refractivity contribution < 1.29 is 0 Å². The summed E-state index contributed by atoms with van der Waals surface area (Å²) < 4.78 is 0. The summed E-state index contributed by atoms with van der Waals surface area (Å²) in [5.74, 6) is 8.74. The predicted octanol–water partition coefficient (Wildman–Crippen LogP) is 18.1. The molecule has 286 valence electrons. The highest BCUT2D eigenvalue weighted by atomic mass is 14.1. The SMILES string of the molecule is CC(C)C.CC(C)C(C)C.CC(C)CC(C)C.CCC.CCC(C)C.CCC(C)C(C)C.CCCC(C)C.CCCCC(C)C. The summed E-state index contributed by atoms with van der Waals surface area (Å²) >= 11 is 0. The summed E-state index contributed by atoms with van der Waals surface area (Å²) in [6.07, 6.45) is 12.1. The minimum atomic E-state index is 0.833. The third kappa shape index (κ3) is 147. The summed E-state index contributed by atoms with van der Waals surface area (Å²) in [5.41, 5.74) is 0. The van der Waals surface area contributed by atoms with Gasteiger partial charge in [0.25, 0.3) is 0 Å². The second-order valence-corrected chi connectivity index (χ2v) is 17.1. The molecule has 0 rings (SSSR count). The normalized spacial score (nSPS) is 10.7. The van der Waals surface area contributed by atoms with Gasteiger partial charge in [-0.3, -0.25) is 0 Å². The molecule has 0 fully saturated rings. The molecule has 0 heterocycles. The molecule has 0 aromatic heterocycles. The first-order valence-corrected chi connectivity index (χ1v) is 20.4. The van der Waals surface area contributed by atoms with E-state index in [0.717, 1.165) is 59.2 Å². The van der Waals surface area contributed by atoms with E-state index < -0.39 is 0 Å². The molecule has 0 heteroatoms. The quantitative estimate of drug-likeness (QED) is 0.209. The van der Waals surface area contributed by atoms with E-state index in [4.69, 9.17) is 0 Å². The predicted molar refractivity (Wildman–Crippen MR) is 224 cm³/mol. The van der Waals surface area contributed by atoms with Crippen molar-refractivity contribution in [1.29, 1.82) is 0 Å². The highest BCUT2D eigenvalue weighted by Crippen LogP contribution is 2.12. The molecular formula is C45H106. The zero-order chi connectivity index (χ0) is 38.1. The van der Waals surface area contributed by atoms with E-state index in [-0.39, 0.29) is 0 Å². The Hall–Kier alpha value is 0. The lowest BCUT2D eigenvalue weighted by molar-refractivity contribution is 0.407. The van der Waals surface area contributed by atoms with Crippen molar-refractivity contribution in [3.63, 3.8) is 0 Å². The Bertz CT molecular complexity index is 380. The Kier molecular flexibility index (Phi) is 75.6. The average Bonchev–Trinajstić information content (AvgIpc) is 2.87. The van der Waals surface area contributed by atoms with Gasteiger partial charge in [-0.2, -0.15) is 0 Å². The molecule has 0 aromatic rings. The van der Waals surface area contributed by atoms with Crippen LogP contribution in [0.15, 0.2) is 0 Å². The maximum atomic E-state index is 2.30. The van der Waals surface area contributed by atoms with E-state index in [0.29, 0.717) is 0 Å². The van der Waals surface area contributed by atoms with E-state index in [9.17, 15) is 0 Å². The summed E-state index contributed by atoms with van der Waals surface area (Å²) in [6.45, 7) is 58.0. The van der Waals surface area contributed by atoms with Gasteiger partial charge in [0, 0.05) is 0 Å². The van der Waals surface area contributed by atoms with E-state index >= 15 is 0 Å². The maximum absolute atomic E-state index is 2.30. The molecule has 0 bridgehead atoms. The Morgan fingerprint density at radius 3 is 0.644 bits per heavy atom. The van der Waals surface area contributed by atoms with Crippen LogP contribution in [0.1, 0.15) is 238 Å². The molecule has 0 aliphatic carbocycles. The molecule has 45 heavy (non-hydrogen) atoms. The van der Waals surface area contributed by atoms with Crippen molar-refractivity contribution >= 4 is 0 Å². The van der Waals surface area contributed by atoms with Gasteiger partial charge in [0.15, 0.2) is 0 Å². The van der Waals surface area contributed by atoms with Gasteiger partial charge in [0.2, 0.25) is 0 Å². The molecule has 0 amide bonds. The molecule has 0 aliphatic rings. The Morgan fingerprint density at radius 2 is 0.622 bits per heavy atom. The molecule has 0 aromatic carbocycles. The van der Waals surface area contributed by atoms with Crippen molar-refractivity contribution in [2.45, 2.75) is 238 Å². The molecule has 0 N–H and O–H groups in total.